The fourth-order valence-corrected chi connectivity index (χ4v) is 2.52. The smallest absolute Gasteiger partial charge is 0.460 e. The lowest BCUT2D eigenvalue weighted by Gasteiger charge is -2.13. The molecule has 0 radical (unpaired) electrons. The topological polar surface area (TPSA) is 63.6 Å². The first-order valence-corrected chi connectivity index (χ1v) is 7.73. The van der Waals surface area contributed by atoms with Crippen LogP contribution in [-0.4, -0.2) is 17.0 Å². The zero-order valence-electron chi connectivity index (χ0n) is 11.3. The predicted molar refractivity (Wildman–Crippen MR) is 73.9 cm³/mol. The van der Waals surface area contributed by atoms with E-state index in [0.29, 0.717) is 6.42 Å². The van der Waals surface area contributed by atoms with Crippen molar-refractivity contribution in [2.24, 2.45) is 11.8 Å². The van der Waals surface area contributed by atoms with Crippen molar-refractivity contribution < 1.29 is 19.0 Å². The molecule has 0 aliphatic rings. The Balaban J connectivity index is 2.54. The van der Waals surface area contributed by atoms with Crippen LogP contribution in [0.1, 0.15) is 25.8 Å². The first-order chi connectivity index (χ1) is 8.99. The molecule has 0 saturated carbocycles. The van der Waals surface area contributed by atoms with Gasteiger partial charge in [-0.2, -0.15) is 4.89 Å². The Morgan fingerprint density at radius 3 is 2.47 bits per heavy atom. The highest BCUT2D eigenvalue weighted by Gasteiger charge is 2.30. The van der Waals surface area contributed by atoms with Gasteiger partial charge in [-0.3, -0.25) is 4.79 Å². The first-order valence-electron chi connectivity index (χ1n) is 6.33. The van der Waals surface area contributed by atoms with Crippen LogP contribution in [0.15, 0.2) is 30.3 Å². The summed E-state index contributed by atoms with van der Waals surface area (Å²) < 4.78 is 16.1. The van der Waals surface area contributed by atoms with Gasteiger partial charge in [0.05, 0.1) is 0 Å². The maximum atomic E-state index is 11.9. The SMILES string of the molecule is CC(C)CC(C[P+](=O)O)C(=O)OCc1ccccc1. The predicted octanol–water partition coefficient (Wildman–Crippen LogP) is 3.13. The Kier molecular flexibility index (Phi) is 6.68. The molecule has 0 spiro atoms. The third-order valence-corrected chi connectivity index (χ3v) is 3.44. The van der Waals surface area contributed by atoms with Crippen molar-refractivity contribution in [1.82, 2.24) is 0 Å². The minimum Gasteiger partial charge on any atom is -0.460 e. The quantitative estimate of drug-likeness (QED) is 0.617. The molecule has 0 saturated heterocycles. The molecule has 0 aromatic heterocycles. The first kappa shape index (κ1) is 15.8. The van der Waals surface area contributed by atoms with Gasteiger partial charge in [0, 0.05) is 0 Å². The molecule has 2 unspecified atom stereocenters. The Labute approximate surface area is 114 Å². The van der Waals surface area contributed by atoms with Crippen molar-refractivity contribution in [3.8, 4) is 0 Å². The van der Waals surface area contributed by atoms with Crippen molar-refractivity contribution in [1.29, 1.82) is 0 Å². The number of carbonyl (C=O) groups excluding carboxylic acids is 1. The Morgan fingerprint density at radius 2 is 1.95 bits per heavy atom. The second kappa shape index (κ2) is 8.03. The van der Waals surface area contributed by atoms with Crippen LogP contribution in [0.5, 0.6) is 0 Å². The molecule has 1 aromatic rings. The molecule has 0 heterocycles. The van der Waals surface area contributed by atoms with Gasteiger partial charge in [-0.05, 0) is 22.5 Å². The van der Waals surface area contributed by atoms with Crippen molar-refractivity contribution in [2.75, 3.05) is 6.16 Å². The van der Waals surface area contributed by atoms with Gasteiger partial charge in [0.25, 0.3) is 0 Å². The molecule has 0 bridgehead atoms. The highest BCUT2D eigenvalue weighted by molar-refractivity contribution is 7.38. The van der Waals surface area contributed by atoms with Gasteiger partial charge in [0.2, 0.25) is 0 Å². The fourth-order valence-electron chi connectivity index (χ4n) is 1.85. The van der Waals surface area contributed by atoms with Crippen LogP contribution in [-0.2, 0) is 20.7 Å². The summed E-state index contributed by atoms with van der Waals surface area (Å²) in [6.07, 6.45) is 0.538. The van der Waals surface area contributed by atoms with E-state index < -0.39 is 19.9 Å². The number of hydrogen-bond donors (Lipinski definition) is 1. The summed E-state index contributed by atoms with van der Waals surface area (Å²) in [5, 5.41) is 0. The third kappa shape index (κ3) is 6.46. The lowest BCUT2D eigenvalue weighted by Crippen LogP contribution is -2.21. The van der Waals surface area contributed by atoms with Crippen LogP contribution in [0.4, 0.5) is 0 Å². The maximum Gasteiger partial charge on any atom is 0.506 e. The average molecular weight is 283 g/mol. The van der Waals surface area contributed by atoms with Crippen LogP contribution in [0.2, 0.25) is 0 Å². The second-order valence-electron chi connectivity index (χ2n) is 4.95. The van der Waals surface area contributed by atoms with Crippen LogP contribution >= 0.6 is 8.03 Å². The van der Waals surface area contributed by atoms with Crippen LogP contribution < -0.4 is 0 Å². The Morgan fingerprint density at radius 1 is 1.32 bits per heavy atom. The normalized spacial score (nSPS) is 13.2. The standard InChI is InChI=1S/C14H19O4P/c1-11(2)8-13(10-19(16)17)14(15)18-9-12-6-4-3-5-7-12/h3-7,11,13H,8-10H2,1-2H3/p+1. The second-order valence-corrected chi connectivity index (χ2v) is 6.02. The summed E-state index contributed by atoms with van der Waals surface area (Å²) in [6, 6.07) is 9.39. The van der Waals surface area contributed by atoms with Crippen molar-refractivity contribution in [2.45, 2.75) is 26.9 Å². The zero-order valence-corrected chi connectivity index (χ0v) is 12.2. The van der Waals surface area contributed by atoms with Crippen molar-refractivity contribution >= 4 is 14.0 Å². The van der Waals surface area contributed by atoms with E-state index in [9.17, 15) is 9.36 Å². The van der Waals surface area contributed by atoms with Gasteiger partial charge >= 0.3 is 14.0 Å². The van der Waals surface area contributed by atoms with Gasteiger partial charge in [0.1, 0.15) is 12.5 Å². The summed E-state index contributed by atoms with van der Waals surface area (Å²) in [5.41, 5.74) is 0.910. The zero-order chi connectivity index (χ0) is 14.3. The van der Waals surface area contributed by atoms with Gasteiger partial charge in [-0.25, -0.2) is 0 Å². The summed E-state index contributed by atoms with van der Waals surface area (Å²) in [6.45, 7) is 4.15. The highest BCUT2D eigenvalue weighted by Crippen LogP contribution is 2.24. The molecule has 1 rings (SSSR count). The number of hydrogen-bond acceptors (Lipinski definition) is 3. The molecule has 104 valence electrons. The molecular weight excluding hydrogens is 263 g/mol. The molecule has 1 aromatic carbocycles. The van der Waals surface area contributed by atoms with Gasteiger partial charge < -0.3 is 4.74 Å². The van der Waals surface area contributed by atoms with E-state index in [1.165, 1.54) is 0 Å². The summed E-state index contributed by atoms with van der Waals surface area (Å²) in [4.78, 5) is 20.9. The highest BCUT2D eigenvalue weighted by atomic mass is 31.1. The molecule has 4 nitrogen and oxygen atoms in total. The Bertz CT molecular complexity index is 417. The minimum atomic E-state index is -2.32. The summed E-state index contributed by atoms with van der Waals surface area (Å²) in [5.74, 6) is -0.614. The molecule has 2 atom stereocenters. The summed E-state index contributed by atoms with van der Waals surface area (Å²) >= 11 is 0. The molecule has 0 aliphatic heterocycles. The van der Waals surface area contributed by atoms with E-state index in [1.54, 1.807) is 0 Å². The molecule has 0 fully saturated rings. The summed E-state index contributed by atoms with van der Waals surface area (Å²) in [7, 11) is -2.32. The van der Waals surface area contributed by atoms with Crippen LogP contribution in [0.25, 0.3) is 0 Å². The lowest BCUT2D eigenvalue weighted by molar-refractivity contribution is -0.149. The van der Waals surface area contributed by atoms with Gasteiger partial charge in [0.15, 0.2) is 6.16 Å². The monoisotopic (exact) mass is 283 g/mol. The van der Waals surface area contributed by atoms with Crippen molar-refractivity contribution in [3.63, 3.8) is 0 Å². The fraction of sp³-hybridized carbons (Fsp3) is 0.500. The number of carbonyl (C=O) groups is 1. The average Bonchev–Trinajstić information content (AvgIpc) is 2.35. The van der Waals surface area contributed by atoms with E-state index in [0.717, 1.165) is 5.56 Å². The van der Waals surface area contributed by atoms with E-state index >= 15 is 0 Å². The van der Waals surface area contributed by atoms with E-state index in [1.807, 2.05) is 44.2 Å². The molecule has 1 N–H and O–H groups in total. The number of ether oxygens (including phenoxy) is 1. The van der Waals surface area contributed by atoms with Gasteiger partial charge in [-0.1, -0.05) is 44.2 Å². The molecule has 19 heavy (non-hydrogen) atoms. The minimum absolute atomic E-state index is 0.0267. The number of esters is 1. The van der Waals surface area contributed by atoms with Crippen LogP contribution in [0.3, 0.4) is 0 Å². The lowest BCUT2D eigenvalue weighted by atomic mass is 9.99. The van der Waals surface area contributed by atoms with Crippen molar-refractivity contribution in [3.05, 3.63) is 35.9 Å². The maximum absolute atomic E-state index is 11.9. The van der Waals surface area contributed by atoms with E-state index in [4.69, 9.17) is 9.63 Å². The molecule has 0 amide bonds. The molecular formula is C14H20O4P+. The van der Waals surface area contributed by atoms with Gasteiger partial charge in [-0.15, -0.1) is 0 Å². The largest absolute Gasteiger partial charge is 0.506 e. The van der Waals surface area contributed by atoms with E-state index in [2.05, 4.69) is 0 Å². The third-order valence-electron chi connectivity index (χ3n) is 2.69. The number of benzene rings is 1. The van der Waals surface area contributed by atoms with E-state index in [-0.39, 0.29) is 18.7 Å². The Hall–Kier alpha value is -1.25. The number of rotatable bonds is 7. The molecule has 5 heteroatoms. The van der Waals surface area contributed by atoms with Crippen LogP contribution in [0, 0.1) is 11.8 Å². The molecule has 0 aliphatic carbocycles.